The molecule has 0 radical (unpaired) electrons. The van der Waals surface area contributed by atoms with Gasteiger partial charge in [-0.05, 0) is 62.8 Å². The first-order valence-electron chi connectivity index (χ1n) is 18.1. The van der Waals surface area contributed by atoms with E-state index in [1.54, 1.807) is 65.0 Å². The molecular weight excluding hydrogens is 703 g/mol. The Labute approximate surface area is 316 Å². The number of carbonyl (C=O) groups is 6. The van der Waals surface area contributed by atoms with Crippen molar-refractivity contribution < 1.29 is 49.0 Å². The third kappa shape index (κ3) is 18.3. The van der Waals surface area contributed by atoms with Crippen LogP contribution in [0.5, 0.6) is 0 Å². The van der Waals surface area contributed by atoms with Gasteiger partial charge in [-0.2, -0.15) is 0 Å². The van der Waals surface area contributed by atoms with Crippen LogP contribution in [0.25, 0.3) is 0 Å². The third-order valence-corrected chi connectivity index (χ3v) is 8.27. The molecular formula is C35H59BN8O10. The highest BCUT2D eigenvalue weighted by molar-refractivity contribution is 6.43. The molecule has 0 bridgehead atoms. The Morgan fingerprint density at radius 2 is 1.30 bits per heavy atom. The van der Waals surface area contributed by atoms with E-state index >= 15 is 0 Å². The van der Waals surface area contributed by atoms with E-state index in [1.165, 1.54) is 6.92 Å². The number of carbonyl (C=O) groups excluding carboxylic acids is 5. The van der Waals surface area contributed by atoms with Crippen LogP contribution in [0.2, 0.25) is 0 Å². The monoisotopic (exact) mass is 762 g/mol. The molecule has 0 saturated heterocycles. The number of guanidine groups is 1. The largest absolute Gasteiger partial charge is 0.480 e. The number of aliphatic hydroxyl groups is 1. The molecule has 0 aliphatic heterocycles. The number of nitrogens with two attached hydrogens (primary N) is 2. The molecule has 0 heterocycles. The van der Waals surface area contributed by atoms with Crippen molar-refractivity contribution in [1.29, 1.82) is 0 Å². The number of hydrogen-bond acceptors (Lipinski definition) is 10. The molecule has 0 fully saturated rings. The summed E-state index contributed by atoms with van der Waals surface area (Å²) < 4.78 is 0. The van der Waals surface area contributed by atoms with Gasteiger partial charge in [0.15, 0.2) is 5.96 Å². The number of aliphatic carboxylic acids is 1. The molecule has 0 aromatic heterocycles. The normalized spacial score (nSPS) is 15.0. The molecule has 0 saturated carbocycles. The molecule has 1 aromatic carbocycles. The summed E-state index contributed by atoms with van der Waals surface area (Å²) in [6.45, 7) is 10.0. The lowest BCUT2D eigenvalue weighted by Crippen LogP contribution is -2.57. The molecule has 7 atom stereocenters. The number of amides is 5. The molecule has 302 valence electrons. The van der Waals surface area contributed by atoms with Crippen LogP contribution in [0, 0.1) is 17.8 Å². The van der Waals surface area contributed by atoms with Crippen molar-refractivity contribution >= 4 is 48.6 Å². The van der Waals surface area contributed by atoms with E-state index < -0.39 is 84.8 Å². The molecule has 18 nitrogen and oxygen atoms in total. The summed E-state index contributed by atoms with van der Waals surface area (Å²) in [5.74, 6) is -8.02. The van der Waals surface area contributed by atoms with E-state index in [4.69, 9.17) is 11.5 Å². The fourth-order valence-corrected chi connectivity index (χ4v) is 5.68. The van der Waals surface area contributed by atoms with Crippen LogP contribution in [-0.4, -0.2) is 112 Å². The number of carboxylic acids is 1. The zero-order chi connectivity index (χ0) is 41.1. The molecule has 0 unspecified atom stereocenters. The molecule has 13 N–H and O–H groups in total. The maximum Gasteiger partial charge on any atom is 0.475 e. The van der Waals surface area contributed by atoms with Gasteiger partial charge >= 0.3 is 13.1 Å². The van der Waals surface area contributed by atoms with Crippen LogP contribution in [0.4, 0.5) is 0 Å². The average molecular weight is 763 g/mol. The van der Waals surface area contributed by atoms with Crippen LogP contribution in [0.1, 0.15) is 79.2 Å². The predicted octanol–water partition coefficient (Wildman–Crippen LogP) is -1.70. The van der Waals surface area contributed by atoms with Gasteiger partial charge in [0, 0.05) is 19.5 Å². The second-order valence-electron chi connectivity index (χ2n) is 14.3. The summed E-state index contributed by atoms with van der Waals surface area (Å²) in [5.41, 5.74) is 11.3. The van der Waals surface area contributed by atoms with Crippen LogP contribution < -0.4 is 38.1 Å². The smallest absolute Gasteiger partial charge is 0.475 e. The first kappa shape index (κ1) is 47.3. The Balaban J connectivity index is 3.09. The molecule has 1 aromatic rings. The number of benzene rings is 1. The van der Waals surface area contributed by atoms with Crippen LogP contribution >= 0.6 is 0 Å². The summed E-state index contributed by atoms with van der Waals surface area (Å²) >= 11 is 0. The molecule has 0 spiro atoms. The molecule has 5 amide bonds. The highest BCUT2D eigenvalue weighted by atomic mass is 16.4. The van der Waals surface area contributed by atoms with E-state index in [0.717, 1.165) is 5.56 Å². The van der Waals surface area contributed by atoms with E-state index in [0.29, 0.717) is 0 Å². The number of aliphatic hydroxyl groups excluding tert-OH is 1. The Morgan fingerprint density at radius 3 is 1.81 bits per heavy atom. The summed E-state index contributed by atoms with van der Waals surface area (Å²) in [6.07, 6.45) is -1.58. The lowest BCUT2D eigenvalue weighted by Gasteiger charge is -2.29. The van der Waals surface area contributed by atoms with Crippen molar-refractivity contribution in [3.8, 4) is 0 Å². The third-order valence-electron chi connectivity index (χ3n) is 8.27. The first-order valence-corrected chi connectivity index (χ1v) is 18.1. The Hall–Kier alpha value is -4.75. The van der Waals surface area contributed by atoms with Crippen LogP contribution in [0.3, 0.4) is 0 Å². The lowest BCUT2D eigenvalue weighted by atomic mass is 9.75. The number of rotatable bonds is 24. The highest BCUT2D eigenvalue weighted by Gasteiger charge is 2.37. The maximum absolute atomic E-state index is 13.6. The Kier molecular flexibility index (Phi) is 20.9. The molecule has 1 rings (SSSR count). The quantitative estimate of drug-likeness (QED) is 0.0243. The van der Waals surface area contributed by atoms with Gasteiger partial charge in [-0.25, -0.2) is 4.79 Å². The lowest BCUT2D eigenvalue weighted by molar-refractivity contribution is -0.144. The molecule has 0 aliphatic rings. The number of nitrogens with one attached hydrogen (secondary N) is 5. The van der Waals surface area contributed by atoms with Gasteiger partial charge < -0.3 is 58.3 Å². The second kappa shape index (κ2) is 23.8. The number of aliphatic imine (C=N–C) groups is 1. The number of hydrogen-bond donors (Lipinski definition) is 11. The minimum absolute atomic E-state index is 0.000246. The van der Waals surface area contributed by atoms with Gasteiger partial charge in [-0.15, -0.1) is 0 Å². The van der Waals surface area contributed by atoms with Crippen molar-refractivity contribution in [2.75, 3.05) is 6.54 Å². The number of carboxylic acid groups (broad SMARTS) is 1. The van der Waals surface area contributed by atoms with Crippen molar-refractivity contribution in [1.82, 2.24) is 26.6 Å². The average Bonchev–Trinajstić information content (AvgIpc) is 3.06. The van der Waals surface area contributed by atoms with Crippen molar-refractivity contribution in [3.63, 3.8) is 0 Å². The van der Waals surface area contributed by atoms with Gasteiger partial charge in [-0.3, -0.25) is 29.0 Å². The zero-order valence-electron chi connectivity index (χ0n) is 32.0. The Bertz CT molecular complexity index is 1410. The maximum atomic E-state index is 13.6. The fraction of sp³-hybridized carbons (Fsp3) is 0.629. The second-order valence-corrected chi connectivity index (χ2v) is 14.3. The van der Waals surface area contributed by atoms with E-state index in [2.05, 4.69) is 31.6 Å². The standard InChI is InChI=1S/C35H59BN8O10/c1-19(2)15-24(29(46)33(50)43-26(16-20(3)4)31(48)42-25(34(51)52)13-10-14-39-35(37)38)30(47)40-21(5)17-27(41-22(6)45)32(49)44-28(36(53)54)18-23-11-8-7-9-12-23/h7-9,11-12,19-21,24-29,46,53-54H,10,13-18H2,1-6H3,(H,40,47)(H,41,45)(H,42,48)(H,43,50)(H,44,49)(H,51,52)(H4,37,38,39)/t21-,24-,25-,26-,27-,28-,29-/m0/s1. The van der Waals surface area contributed by atoms with Gasteiger partial charge in [0.25, 0.3) is 0 Å². The molecule has 0 aliphatic carbocycles. The van der Waals surface area contributed by atoms with E-state index in [-0.39, 0.29) is 62.9 Å². The SMILES string of the molecule is CC(=O)N[C@@H](C[C@H](C)NC(=O)[C@@H](CC(C)C)[C@H](O)C(=O)N[C@@H](CC(C)C)C(=O)N[C@@H](CCCN=C(N)N)C(=O)O)C(=O)N[C@@H](Cc1ccccc1)B(O)O. The van der Waals surface area contributed by atoms with Gasteiger partial charge in [-0.1, -0.05) is 58.0 Å². The summed E-state index contributed by atoms with van der Waals surface area (Å²) in [4.78, 5) is 81.2. The van der Waals surface area contributed by atoms with Crippen LogP contribution in [0.15, 0.2) is 35.3 Å². The minimum Gasteiger partial charge on any atom is -0.480 e. The zero-order valence-corrected chi connectivity index (χ0v) is 32.0. The van der Waals surface area contributed by atoms with Gasteiger partial charge in [0.2, 0.25) is 29.5 Å². The predicted molar refractivity (Wildman–Crippen MR) is 202 cm³/mol. The molecule has 19 heteroatoms. The topological polar surface area (TPSA) is 308 Å². The highest BCUT2D eigenvalue weighted by Crippen LogP contribution is 2.18. The number of nitrogens with zero attached hydrogens (tertiary/aromatic N) is 1. The van der Waals surface area contributed by atoms with Gasteiger partial charge in [0.05, 0.1) is 11.9 Å². The van der Waals surface area contributed by atoms with Crippen molar-refractivity contribution in [2.45, 2.75) is 116 Å². The fourth-order valence-electron chi connectivity index (χ4n) is 5.68. The van der Waals surface area contributed by atoms with Gasteiger partial charge in [0.1, 0.15) is 24.2 Å². The summed E-state index contributed by atoms with van der Waals surface area (Å²) in [7, 11) is -1.92. The van der Waals surface area contributed by atoms with E-state index in [9.17, 15) is 49.0 Å². The van der Waals surface area contributed by atoms with Crippen molar-refractivity contribution in [2.24, 2.45) is 34.2 Å². The summed E-state index contributed by atoms with van der Waals surface area (Å²) in [6, 6.07) is 4.26. The molecule has 54 heavy (non-hydrogen) atoms. The summed E-state index contributed by atoms with van der Waals surface area (Å²) in [5, 5.41) is 53.4. The van der Waals surface area contributed by atoms with Crippen molar-refractivity contribution in [3.05, 3.63) is 35.9 Å². The van der Waals surface area contributed by atoms with E-state index in [1.807, 2.05) is 0 Å². The van der Waals surface area contributed by atoms with Crippen LogP contribution in [-0.2, 0) is 35.2 Å². The Morgan fingerprint density at radius 1 is 0.741 bits per heavy atom. The first-order chi connectivity index (χ1) is 25.2. The minimum atomic E-state index is -1.92.